The monoisotopic (exact) mass is 513 g/mol. The van der Waals surface area contributed by atoms with E-state index in [-0.39, 0.29) is 16.6 Å². The summed E-state index contributed by atoms with van der Waals surface area (Å²) in [5.41, 5.74) is -0.686. The minimum Gasteiger partial charge on any atom is -0.356 e. The highest BCUT2D eigenvalue weighted by Gasteiger charge is 2.34. The summed E-state index contributed by atoms with van der Waals surface area (Å²) >= 11 is 6.56. The van der Waals surface area contributed by atoms with Crippen LogP contribution in [0.4, 0.5) is 24.9 Å². The van der Waals surface area contributed by atoms with E-state index in [9.17, 15) is 22.8 Å². The highest BCUT2D eigenvalue weighted by molar-refractivity contribution is 7.13. The van der Waals surface area contributed by atoms with Crippen LogP contribution in [0.15, 0.2) is 24.7 Å². The molecule has 1 atom stereocenters. The van der Waals surface area contributed by atoms with E-state index < -0.39 is 28.7 Å². The van der Waals surface area contributed by atoms with Gasteiger partial charge in [-0.25, -0.2) is 15.0 Å². The summed E-state index contributed by atoms with van der Waals surface area (Å²) in [5, 5.41) is 8.21. The number of imidazole rings is 1. The number of nitrogens with zero attached hydrogens (tertiary/aromatic N) is 4. The second-order valence-electron chi connectivity index (χ2n) is 7.51. The van der Waals surface area contributed by atoms with Gasteiger partial charge in [-0.05, 0) is 25.8 Å². The van der Waals surface area contributed by atoms with Gasteiger partial charge in [0.15, 0.2) is 0 Å². The Hall–Kier alpha value is -3.19. The highest BCUT2D eigenvalue weighted by atomic mass is 35.5. The average Bonchev–Trinajstić information content (AvgIpc) is 3.36. The Morgan fingerprint density at radius 3 is 2.74 bits per heavy atom. The van der Waals surface area contributed by atoms with Gasteiger partial charge < -0.3 is 20.5 Å². The van der Waals surface area contributed by atoms with Gasteiger partial charge in [-0.2, -0.15) is 13.2 Å². The Labute approximate surface area is 200 Å². The van der Waals surface area contributed by atoms with Gasteiger partial charge in [0.2, 0.25) is 5.95 Å². The van der Waals surface area contributed by atoms with Crippen molar-refractivity contribution in [2.75, 3.05) is 17.2 Å². The number of nitrogens with one attached hydrogen (secondary N) is 3. The molecule has 0 radical (unpaired) electrons. The summed E-state index contributed by atoms with van der Waals surface area (Å²) < 4.78 is 40.9. The lowest BCUT2D eigenvalue weighted by Gasteiger charge is -2.13. The molecule has 1 aliphatic heterocycles. The van der Waals surface area contributed by atoms with Crippen LogP contribution in [0.2, 0.25) is 5.02 Å². The molecule has 4 rings (SSSR count). The molecule has 1 aliphatic rings. The summed E-state index contributed by atoms with van der Waals surface area (Å²) in [5.74, 6) is -0.667. The lowest BCUT2D eigenvalue weighted by atomic mass is 10.2. The Morgan fingerprint density at radius 1 is 1.18 bits per heavy atom. The zero-order valence-corrected chi connectivity index (χ0v) is 19.3. The summed E-state index contributed by atoms with van der Waals surface area (Å²) in [7, 11) is 0. The smallest absolute Gasteiger partial charge is 0.356 e. The standard InChI is InChI=1S/C20H19ClF3N7O2S/c1-10(29-16(32)13-8-28-19-25-4-2-3-5-31(13)19)18-27-9-14(34-18)17(33)30-15-6-11(20(22,23)24)12(21)7-26-15/h6-10H,2-5H2,1H3,(H,25,28)(H,29,32)(H,26,30,33). The first-order valence-electron chi connectivity index (χ1n) is 10.2. The van der Waals surface area contributed by atoms with Crippen molar-refractivity contribution >= 4 is 46.5 Å². The maximum atomic E-state index is 13.0. The van der Waals surface area contributed by atoms with E-state index in [1.165, 1.54) is 12.4 Å². The van der Waals surface area contributed by atoms with E-state index in [2.05, 4.69) is 30.9 Å². The third-order valence-electron chi connectivity index (χ3n) is 5.05. The van der Waals surface area contributed by atoms with Gasteiger partial charge in [0, 0.05) is 19.3 Å². The van der Waals surface area contributed by atoms with Gasteiger partial charge in [0.1, 0.15) is 21.4 Å². The number of halogens is 4. The first-order chi connectivity index (χ1) is 16.1. The second-order valence-corrected chi connectivity index (χ2v) is 8.98. The summed E-state index contributed by atoms with van der Waals surface area (Å²) in [4.78, 5) is 37.6. The van der Waals surface area contributed by atoms with Crippen molar-refractivity contribution in [1.82, 2.24) is 24.8 Å². The minimum atomic E-state index is -4.69. The molecule has 1 unspecified atom stereocenters. The number of hydrogen-bond acceptors (Lipinski definition) is 7. The van der Waals surface area contributed by atoms with Crippen LogP contribution < -0.4 is 16.0 Å². The van der Waals surface area contributed by atoms with Crippen LogP contribution in [-0.2, 0) is 12.7 Å². The van der Waals surface area contributed by atoms with Crippen molar-refractivity contribution in [2.45, 2.75) is 38.5 Å². The molecule has 3 aromatic heterocycles. The van der Waals surface area contributed by atoms with E-state index in [4.69, 9.17) is 11.6 Å². The molecule has 2 amide bonds. The van der Waals surface area contributed by atoms with Crippen molar-refractivity contribution in [3.05, 3.63) is 50.8 Å². The number of carbonyl (C=O) groups excluding carboxylic acids is 2. The van der Waals surface area contributed by atoms with Gasteiger partial charge in [-0.15, -0.1) is 11.3 Å². The summed E-state index contributed by atoms with van der Waals surface area (Å²) in [6.45, 7) is 3.18. The van der Waals surface area contributed by atoms with Crippen LogP contribution in [0.5, 0.6) is 0 Å². The second kappa shape index (κ2) is 9.58. The number of fused-ring (bicyclic) bond motifs is 1. The van der Waals surface area contributed by atoms with Crippen LogP contribution in [-0.4, -0.2) is 37.9 Å². The third-order valence-corrected chi connectivity index (χ3v) is 6.53. The lowest BCUT2D eigenvalue weighted by molar-refractivity contribution is -0.137. The largest absolute Gasteiger partial charge is 0.418 e. The number of pyridine rings is 1. The van der Waals surface area contributed by atoms with Crippen molar-refractivity contribution < 1.29 is 22.8 Å². The van der Waals surface area contributed by atoms with Crippen LogP contribution in [0, 0.1) is 0 Å². The van der Waals surface area contributed by atoms with Crippen LogP contribution in [0.25, 0.3) is 0 Å². The van der Waals surface area contributed by atoms with Gasteiger partial charge in [0.05, 0.1) is 29.0 Å². The molecule has 34 heavy (non-hydrogen) atoms. The number of amides is 2. The Kier molecular flexibility index (Phi) is 6.75. The number of anilines is 2. The molecule has 14 heteroatoms. The number of alkyl halides is 3. The number of thiazole rings is 1. The Bertz CT molecular complexity index is 1230. The maximum absolute atomic E-state index is 13.0. The maximum Gasteiger partial charge on any atom is 0.418 e. The molecular weight excluding hydrogens is 495 g/mol. The van der Waals surface area contributed by atoms with Gasteiger partial charge in [0.25, 0.3) is 11.8 Å². The predicted molar refractivity (Wildman–Crippen MR) is 120 cm³/mol. The predicted octanol–water partition coefficient (Wildman–Crippen LogP) is 4.36. The van der Waals surface area contributed by atoms with Crippen LogP contribution >= 0.6 is 22.9 Å². The number of hydrogen-bond donors (Lipinski definition) is 3. The summed E-state index contributed by atoms with van der Waals surface area (Å²) in [6.07, 6.45) is 0.827. The van der Waals surface area contributed by atoms with E-state index in [0.29, 0.717) is 29.3 Å². The molecule has 0 bridgehead atoms. The fourth-order valence-electron chi connectivity index (χ4n) is 3.35. The number of rotatable bonds is 5. The average molecular weight is 514 g/mol. The Morgan fingerprint density at radius 2 is 1.97 bits per heavy atom. The van der Waals surface area contributed by atoms with Crippen molar-refractivity contribution in [3.8, 4) is 0 Å². The molecule has 0 aromatic carbocycles. The van der Waals surface area contributed by atoms with E-state index in [1.54, 1.807) is 6.92 Å². The molecule has 0 saturated heterocycles. The van der Waals surface area contributed by atoms with Gasteiger partial charge >= 0.3 is 6.18 Å². The number of aromatic nitrogens is 4. The molecule has 0 fully saturated rings. The van der Waals surface area contributed by atoms with Gasteiger partial charge in [-0.1, -0.05) is 11.6 Å². The molecule has 0 saturated carbocycles. The fourth-order valence-corrected chi connectivity index (χ4v) is 4.37. The first kappa shape index (κ1) is 24.0. The molecule has 0 spiro atoms. The zero-order valence-electron chi connectivity index (χ0n) is 17.7. The normalized spacial score (nSPS) is 14.5. The molecule has 180 valence electrons. The number of carbonyl (C=O) groups is 2. The first-order valence-corrected chi connectivity index (χ1v) is 11.4. The third kappa shape index (κ3) is 5.14. The Balaban J connectivity index is 1.42. The molecule has 0 aliphatic carbocycles. The molecule has 9 nitrogen and oxygen atoms in total. The van der Waals surface area contributed by atoms with Gasteiger partial charge in [-0.3, -0.25) is 9.59 Å². The molecule has 4 heterocycles. The SMILES string of the molecule is CC(NC(=O)c1cnc2n1CCCCN2)c1ncc(C(=O)Nc2cc(C(F)(F)F)c(Cl)cn2)s1. The van der Waals surface area contributed by atoms with Crippen molar-refractivity contribution in [3.63, 3.8) is 0 Å². The van der Waals surface area contributed by atoms with Crippen LogP contribution in [0.3, 0.4) is 0 Å². The lowest BCUT2D eigenvalue weighted by Crippen LogP contribution is -2.28. The van der Waals surface area contributed by atoms with E-state index in [0.717, 1.165) is 36.9 Å². The molecular formula is C20H19ClF3N7O2S. The van der Waals surface area contributed by atoms with Crippen molar-refractivity contribution in [2.24, 2.45) is 0 Å². The summed E-state index contributed by atoms with van der Waals surface area (Å²) in [6, 6.07) is 0.142. The topological polar surface area (TPSA) is 114 Å². The zero-order chi connectivity index (χ0) is 24.5. The molecule has 3 aromatic rings. The van der Waals surface area contributed by atoms with E-state index >= 15 is 0 Å². The fraction of sp³-hybridized carbons (Fsp3) is 0.350. The van der Waals surface area contributed by atoms with Crippen LogP contribution in [0.1, 0.15) is 56.5 Å². The quantitative estimate of drug-likeness (QED) is 0.467. The highest BCUT2D eigenvalue weighted by Crippen LogP contribution is 2.35. The molecule has 3 N–H and O–H groups in total. The minimum absolute atomic E-state index is 0.142. The van der Waals surface area contributed by atoms with Crippen molar-refractivity contribution in [1.29, 1.82) is 0 Å². The van der Waals surface area contributed by atoms with E-state index in [1.807, 2.05) is 4.57 Å².